The minimum absolute atomic E-state index is 0.202. The molecule has 0 radical (unpaired) electrons. The molecule has 0 saturated carbocycles. The number of aliphatic imine (C=N–C) groups is 1. The van der Waals surface area contributed by atoms with Gasteiger partial charge in [0.05, 0.1) is 19.2 Å². The summed E-state index contributed by atoms with van der Waals surface area (Å²) in [6.45, 7) is 6.33. The first-order valence-corrected chi connectivity index (χ1v) is 8.39. The van der Waals surface area contributed by atoms with Gasteiger partial charge < -0.3 is 15.4 Å². The largest absolute Gasteiger partial charge is 0.380 e. The maximum atomic E-state index is 5.14. The quantitative estimate of drug-likeness (QED) is 0.603. The van der Waals surface area contributed by atoms with Crippen LogP contribution in [0, 0.1) is 0 Å². The summed E-state index contributed by atoms with van der Waals surface area (Å²) < 4.78 is 5.14. The number of rotatable bonds is 7. The summed E-state index contributed by atoms with van der Waals surface area (Å²) in [5.74, 6) is 0.829. The Bertz CT molecular complexity index is 623. The van der Waals surface area contributed by atoms with Crippen molar-refractivity contribution >= 4 is 5.96 Å². The number of methoxy groups -OCH3 is 1. The number of guanidine groups is 1. The van der Waals surface area contributed by atoms with Crippen LogP contribution >= 0.6 is 0 Å². The summed E-state index contributed by atoms with van der Waals surface area (Å²) in [5, 5.41) is 6.76. The molecule has 0 heterocycles. The fraction of sp³-hybridized carbons (Fsp3) is 0.350. The summed E-state index contributed by atoms with van der Waals surface area (Å²) >= 11 is 0. The van der Waals surface area contributed by atoms with Gasteiger partial charge in [-0.1, -0.05) is 54.6 Å². The van der Waals surface area contributed by atoms with Crippen LogP contribution in [0.4, 0.5) is 0 Å². The van der Waals surface area contributed by atoms with Gasteiger partial charge in [0, 0.05) is 13.7 Å². The maximum Gasteiger partial charge on any atom is 0.192 e. The van der Waals surface area contributed by atoms with Crippen LogP contribution in [0.15, 0.2) is 59.6 Å². The zero-order valence-corrected chi connectivity index (χ0v) is 14.8. The monoisotopic (exact) mass is 325 g/mol. The Morgan fingerprint density at radius 1 is 1.04 bits per heavy atom. The Labute approximate surface area is 145 Å². The van der Waals surface area contributed by atoms with E-state index < -0.39 is 0 Å². The lowest BCUT2D eigenvalue weighted by atomic mass is 10.1. The van der Waals surface area contributed by atoms with Gasteiger partial charge in [0.25, 0.3) is 0 Å². The number of nitrogens with zero attached hydrogens (tertiary/aromatic N) is 1. The highest BCUT2D eigenvalue weighted by atomic mass is 16.5. The lowest BCUT2D eigenvalue weighted by Gasteiger charge is -2.18. The second-order valence-corrected chi connectivity index (χ2v) is 5.72. The molecule has 0 aliphatic carbocycles. The van der Waals surface area contributed by atoms with E-state index in [1.54, 1.807) is 7.11 Å². The van der Waals surface area contributed by atoms with Gasteiger partial charge in [-0.2, -0.15) is 0 Å². The molecule has 2 aromatic carbocycles. The van der Waals surface area contributed by atoms with E-state index in [2.05, 4.69) is 78.0 Å². The lowest BCUT2D eigenvalue weighted by molar-refractivity contribution is 0.185. The molecule has 0 aliphatic heterocycles. The van der Waals surface area contributed by atoms with Gasteiger partial charge in [-0.15, -0.1) is 0 Å². The summed E-state index contributed by atoms with van der Waals surface area (Å²) in [5.41, 5.74) is 3.60. The van der Waals surface area contributed by atoms with Crippen molar-refractivity contribution in [3.05, 3.63) is 71.3 Å². The predicted molar refractivity (Wildman–Crippen MR) is 100.0 cm³/mol. The molecule has 2 aromatic rings. The van der Waals surface area contributed by atoms with E-state index in [0.29, 0.717) is 13.2 Å². The van der Waals surface area contributed by atoms with Crippen LogP contribution in [0.3, 0.4) is 0 Å². The maximum absolute atomic E-state index is 5.14. The van der Waals surface area contributed by atoms with Gasteiger partial charge in [0.1, 0.15) is 0 Å². The molecule has 0 amide bonds. The van der Waals surface area contributed by atoms with Crippen molar-refractivity contribution in [1.29, 1.82) is 0 Å². The Balaban J connectivity index is 1.99. The van der Waals surface area contributed by atoms with Crippen LogP contribution < -0.4 is 10.6 Å². The fourth-order valence-electron chi connectivity index (χ4n) is 2.43. The second kappa shape index (κ2) is 9.73. The molecule has 0 aliphatic rings. The molecule has 1 atom stereocenters. The highest BCUT2D eigenvalue weighted by Gasteiger charge is 2.07. The van der Waals surface area contributed by atoms with Gasteiger partial charge in [-0.25, -0.2) is 4.99 Å². The van der Waals surface area contributed by atoms with E-state index >= 15 is 0 Å². The van der Waals surface area contributed by atoms with Crippen LogP contribution in [-0.2, 0) is 17.9 Å². The zero-order chi connectivity index (χ0) is 17.2. The number of benzene rings is 2. The van der Waals surface area contributed by atoms with Crippen LogP contribution in [0.5, 0.6) is 0 Å². The average molecular weight is 325 g/mol. The molecule has 2 rings (SSSR count). The summed E-state index contributed by atoms with van der Waals surface area (Å²) in [7, 11) is 1.71. The third kappa shape index (κ3) is 5.70. The van der Waals surface area contributed by atoms with E-state index in [-0.39, 0.29) is 6.04 Å². The predicted octanol–water partition coefficient (Wildman–Crippen LogP) is 3.65. The SMILES string of the molecule is CCNC(=NCc1ccc(COC)cc1)NC(C)c1ccccc1. The highest BCUT2D eigenvalue weighted by Crippen LogP contribution is 2.11. The van der Waals surface area contributed by atoms with E-state index in [1.165, 1.54) is 16.7 Å². The molecule has 1 unspecified atom stereocenters. The molecule has 0 bridgehead atoms. The number of hydrogen-bond donors (Lipinski definition) is 2. The molecule has 24 heavy (non-hydrogen) atoms. The fourth-order valence-corrected chi connectivity index (χ4v) is 2.43. The van der Waals surface area contributed by atoms with Crippen molar-refractivity contribution < 1.29 is 4.74 Å². The van der Waals surface area contributed by atoms with Crippen molar-refractivity contribution in [2.45, 2.75) is 33.0 Å². The summed E-state index contributed by atoms with van der Waals surface area (Å²) in [4.78, 5) is 4.69. The molecule has 0 aromatic heterocycles. The molecular weight excluding hydrogens is 298 g/mol. The first-order valence-electron chi connectivity index (χ1n) is 8.39. The van der Waals surface area contributed by atoms with Crippen molar-refractivity contribution in [3.63, 3.8) is 0 Å². The molecule has 4 nitrogen and oxygen atoms in total. The smallest absolute Gasteiger partial charge is 0.192 e. The molecule has 0 saturated heterocycles. The normalized spacial score (nSPS) is 12.7. The molecular formula is C20H27N3O. The van der Waals surface area contributed by atoms with Crippen LogP contribution in [0.2, 0.25) is 0 Å². The van der Waals surface area contributed by atoms with Crippen LogP contribution in [0.25, 0.3) is 0 Å². The Kier molecular flexibility index (Phi) is 7.30. The molecule has 0 spiro atoms. The first-order chi connectivity index (χ1) is 11.7. The third-order valence-corrected chi connectivity index (χ3v) is 3.75. The van der Waals surface area contributed by atoms with Gasteiger partial charge in [-0.3, -0.25) is 0 Å². The van der Waals surface area contributed by atoms with Crippen LogP contribution in [-0.4, -0.2) is 19.6 Å². The Morgan fingerprint density at radius 3 is 2.33 bits per heavy atom. The van der Waals surface area contributed by atoms with Gasteiger partial charge in [-0.05, 0) is 30.5 Å². The summed E-state index contributed by atoms with van der Waals surface area (Å²) in [6.07, 6.45) is 0. The van der Waals surface area contributed by atoms with Crippen molar-refractivity contribution in [3.8, 4) is 0 Å². The first kappa shape index (κ1) is 18.0. The van der Waals surface area contributed by atoms with E-state index in [9.17, 15) is 0 Å². The van der Waals surface area contributed by atoms with Gasteiger partial charge in [0.15, 0.2) is 5.96 Å². The summed E-state index contributed by atoms with van der Waals surface area (Å²) in [6, 6.07) is 19.0. The van der Waals surface area contributed by atoms with Crippen molar-refractivity contribution in [1.82, 2.24) is 10.6 Å². The Hall–Kier alpha value is -2.33. The van der Waals surface area contributed by atoms with Gasteiger partial charge >= 0.3 is 0 Å². The van der Waals surface area contributed by atoms with Crippen LogP contribution in [0.1, 0.15) is 36.6 Å². The zero-order valence-electron chi connectivity index (χ0n) is 14.8. The van der Waals surface area contributed by atoms with Crippen molar-refractivity contribution in [2.24, 2.45) is 4.99 Å². The van der Waals surface area contributed by atoms with Crippen molar-refractivity contribution in [2.75, 3.05) is 13.7 Å². The highest BCUT2D eigenvalue weighted by molar-refractivity contribution is 5.80. The molecule has 4 heteroatoms. The Morgan fingerprint density at radius 2 is 1.71 bits per heavy atom. The number of nitrogens with one attached hydrogen (secondary N) is 2. The second-order valence-electron chi connectivity index (χ2n) is 5.72. The standard InChI is InChI=1S/C20H27N3O/c1-4-21-20(23-16(2)19-8-6-5-7-9-19)22-14-17-10-12-18(13-11-17)15-24-3/h5-13,16H,4,14-15H2,1-3H3,(H2,21,22,23). The lowest BCUT2D eigenvalue weighted by Crippen LogP contribution is -2.38. The van der Waals surface area contributed by atoms with E-state index in [1.807, 2.05) is 6.07 Å². The minimum atomic E-state index is 0.202. The van der Waals surface area contributed by atoms with E-state index in [0.717, 1.165) is 12.5 Å². The minimum Gasteiger partial charge on any atom is -0.380 e. The average Bonchev–Trinajstić information content (AvgIpc) is 2.62. The number of hydrogen-bond acceptors (Lipinski definition) is 2. The number of ether oxygens (including phenoxy) is 1. The molecule has 2 N–H and O–H groups in total. The molecule has 0 fully saturated rings. The molecule has 128 valence electrons. The van der Waals surface area contributed by atoms with Gasteiger partial charge in [0.2, 0.25) is 0 Å². The topological polar surface area (TPSA) is 45.7 Å². The third-order valence-electron chi connectivity index (χ3n) is 3.75. The van der Waals surface area contributed by atoms with E-state index in [4.69, 9.17) is 4.74 Å².